The van der Waals surface area contributed by atoms with Gasteiger partial charge in [0.2, 0.25) is 11.8 Å². The highest BCUT2D eigenvalue weighted by molar-refractivity contribution is 5.95. The summed E-state index contributed by atoms with van der Waals surface area (Å²) in [6, 6.07) is 8.18. The van der Waals surface area contributed by atoms with Gasteiger partial charge in [-0.1, -0.05) is 33.1 Å². The Morgan fingerprint density at radius 1 is 0.684 bits per heavy atom. The SMILES string of the molecule is C.C.CC(C)(C)OC(=O)CCCCC(=O)O.CCOC(=O)C1CCN(C(=O)CCCN)CC1.CCOC(=O)C1CCN(C(=O)CCCNC(=O)c2cn(-c3ccccc3)nc2C(F)(F)F)CC1.CCOC(=O)C1CCNCC1.Cl. The first-order valence-corrected chi connectivity index (χ1v) is 26.4. The van der Waals surface area contributed by atoms with Crippen LogP contribution < -0.4 is 16.4 Å². The van der Waals surface area contributed by atoms with E-state index in [-0.39, 0.29) is 107 Å². The van der Waals surface area contributed by atoms with E-state index >= 15 is 0 Å². The Labute approximate surface area is 471 Å². The third-order valence-electron chi connectivity index (χ3n) is 12.0. The topological polar surface area (TPSA) is 268 Å². The normalized spacial score (nSPS) is 14.7. The molecule has 20 nitrogen and oxygen atoms in total. The zero-order valence-corrected chi connectivity index (χ0v) is 46.4. The first-order valence-electron chi connectivity index (χ1n) is 26.4. The molecule has 0 saturated carbocycles. The standard InChI is InChI=1S/C23H27F3N4O4.C12H22N2O3.C10H18O4.C8H15NO2.2CH4.ClH/c1-2-34-22(33)16-10-13-29(14-11-16)19(31)9-6-12-27-21(32)18-15-30(17-7-4-3-5-8-17)28-20(18)23(24,25)26;1-2-17-12(16)10-5-8-14(9-6-10)11(15)4-3-7-13;1-10(2,3)14-9(13)7-5-4-6-8(11)12;1-2-11-8(10)7-3-5-9-6-4-7;;;/h3-5,7-8,15-16H,2,6,9-14H2,1H3,(H,27,32);10H,2-9,13H2,1H3;4-7H2,1-3H3,(H,11,12);7,9H,2-6H2,1H3;2*1H4;1H. The predicted molar refractivity (Wildman–Crippen MR) is 295 cm³/mol. The number of alkyl halides is 3. The first-order chi connectivity index (χ1) is 36.0. The van der Waals surface area contributed by atoms with Gasteiger partial charge in [-0.3, -0.25) is 38.4 Å². The number of carboxylic acids is 1. The summed E-state index contributed by atoms with van der Waals surface area (Å²) in [5.74, 6) is -2.44. The molecule has 0 aliphatic carbocycles. The van der Waals surface area contributed by atoms with Crippen LogP contribution in [0.15, 0.2) is 36.5 Å². The molecule has 5 rings (SSSR count). The number of amides is 3. The summed E-state index contributed by atoms with van der Waals surface area (Å²) < 4.78 is 61.3. The summed E-state index contributed by atoms with van der Waals surface area (Å²) in [6.45, 7) is 16.8. The molecule has 2 aromatic rings. The van der Waals surface area contributed by atoms with E-state index in [1.165, 1.54) is 0 Å². The molecule has 3 aliphatic heterocycles. The number of aliphatic carboxylic acids is 1. The van der Waals surface area contributed by atoms with Gasteiger partial charge in [0.1, 0.15) is 5.60 Å². The summed E-state index contributed by atoms with van der Waals surface area (Å²) in [7, 11) is 0. The molecular formula is C55H91ClF3N7O13. The molecule has 4 heterocycles. The lowest BCUT2D eigenvalue weighted by molar-refractivity contribution is -0.155. The summed E-state index contributed by atoms with van der Waals surface area (Å²) in [5, 5.41) is 17.6. The van der Waals surface area contributed by atoms with Gasteiger partial charge in [-0.05, 0) is 138 Å². The molecule has 3 saturated heterocycles. The molecule has 3 amide bonds. The van der Waals surface area contributed by atoms with Crippen LogP contribution in [-0.4, -0.2) is 150 Å². The fraction of sp³-hybridized carbons (Fsp3) is 0.691. The van der Waals surface area contributed by atoms with Crippen LogP contribution in [0.2, 0.25) is 0 Å². The number of benzene rings is 1. The largest absolute Gasteiger partial charge is 0.481 e. The second-order valence-corrected chi connectivity index (χ2v) is 19.2. The van der Waals surface area contributed by atoms with Gasteiger partial charge < -0.3 is 50.2 Å². The number of likely N-dealkylation sites (tertiary alicyclic amines) is 2. The minimum Gasteiger partial charge on any atom is -0.481 e. The number of piperidine rings is 3. The van der Waals surface area contributed by atoms with E-state index in [1.54, 1.807) is 42.2 Å². The zero-order valence-electron chi connectivity index (χ0n) is 45.6. The van der Waals surface area contributed by atoms with Gasteiger partial charge >= 0.3 is 36.0 Å². The number of hydrogen-bond acceptors (Lipinski definition) is 15. The van der Waals surface area contributed by atoms with Gasteiger partial charge in [0.25, 0.3) is 5.91 Å². The van der Waals surface area contributed by atoms with E-state index in [4.69, 9.17) is 29.8 Å². The summed E-state index contributed by atoms with van der Waals surface area (Å²) in [6.07, 6.45) is 3.78. The molecular weight excluding hydrogens is 1060 g/mol. The van der Waals surface area contributed by atoms with Crippen molar-refractivity contribution in [1.82, 2.24) is 30.2 Å². The highest BCUT2D eigenvalue weighted by Crippen LogP contribution is 2.31. The van der Waals surface area contributed by atoms with E-state index in [9.17, 15) is 51.5 Å². The van der Waals surface area contributed by atoms with Crippen LogP contribution in [0.25, 0.3) is 5.69 Å². The summed E-state index contributed by atoms with van der Waals surface area (Å²) in [4.78, 5) is 95.8. The first kappa shape index (κ1) is 75.3. The maximum Gasteiger partial charge on any atom is 0.435 e. The van der Waals surface area contributed by atoms with E-state index in [0.29, 0.717) is 110 Å². The molecule has 0 bridgehead atoms. The Balaban J connectivity index is 0. The number of rotatable bonds is 20. The molecule has 5 N–H and O–H groups in total. The van der Waals surface area contributed by atoms with Gasteiger partial charge in [-0.2, -0.15) is 18.3 Å². The van der Waals surface area contributed by atoms with E-state index in [1.807, 2.05) is 39.5 Å². The predicted octanol–water partition coefficient (Wildman–Crippen LogP) is 7.95. The number of carbonyl (C=O) groups excluding carboxylic acids is 7. The van der Waals surface area contributed by atoms with Crippen molar-refractivity contribution in [3.05, 3.63) is 47.8 Å². The number of hydrogen-bond donors (Lipinski definition) is 4. The minimum absolute atomic E-state index is 0. The van der Waals surface area contributed by atoms with Crippen molar-refractivity contribution in [2.75, 3.05) is 72.2 Å². The number of para-hydroxylation sites is 1. The molecule has 0 unspecified atom stereocenters. The van der Waals surface area contributed by atoms with Crippen molar-refractivity contribution in [3.8, 4) is 5.69 Å². The quantitative estimate of drug-likeness (QED) is 0.0556. The molecule has 1 aromatic heterocycles. The molecule has 24 heteroatoms. The average molecular weight is 1150 g/mol. The molecule has 3 aliphatic rings. The van der Waals surface area contributed by atoms with Crippen LogP contribution >= 0.6 is 12.4 Å². The lowest BCUT2D eigenvalue weighted by atomic mass is 9.97. The van der Waals surface area contributed by atoms with Crippen LogP contribution in [0.1, 0.15) is 162 Å². The summed E-state index contributed by atoms with van der Waals surface area (Å²) >= 11 is 0. The second-order valence-electron chi connectivity index (χ2n) is 19.2. The molecule has 452 valence electrons. The molecule has 79 heavy (non-hydrogen) atoms. The molecule has 0 spiro atoms. The summed E-state index contributed by atoms with van der Waals surface area (Å²) in [5.41, 5.74) is 3.46. The number of aromatic nitrogens is 2. The second kappa shape index (κ2) is 40.4. The number of carbonyl (C=O) groups is 8. The third kappa shape index (κ3) is 30.4. The fourth-order valence-electron chi connectivity index (χ4n) is 8.07. The Hall–Kier alpha value is -5.81. The minimum atomic E-state index is -4.79. The van der Waals surface area contributed by atoms with Crippen molar-refractivity contribution in [1.29, 1.82) is 0 Å². The van der Waals surface area contributed by atoms with Gasteiger partial charge in [0.05, 0.1) is 48.8 Å². The van der Waals surface area contributed by atoms with E-state index in [0.717, 1.165) is 43.2 Å². The zero-order chi connectivity index (χ0) is 56.7. The maximum atomic E-state index is 13.4. The maximum absolute atomic E-state index is 13.4. The van der Waals surface area contributed by atoms with Crippen molar-refractivity contribution in [2.24, 2.45) is 23.5 Å². The van der Waals surface area contributed by atoms with Crippen LogP contribution in [0.3, 0.4) is 0 Å². The van der Waals surface area contributed by atoms with Crippen LogP contribution in [0, 0.1) is 17.8 Å². The third-order valence-corrected chi connectivity index (χ3v) is 12.0. The Bertz CT molecular complexity index is 2100. The van der Waals surface area contributed by atoms with Crippen LogP contribution in [0.5, 0.6) is 0 Å². The Kier molecular flexibility index (Phi) is 38.5. The van der Waals surface area contributed by atoms with Gasteiger partial charge in [0, 0.05) is 64.6 Å². The van der Waals surface area contributed by atoms with E-state index in [2.05, 4.69) is 15.7 Å². The number of unbranched alkanes of at least 4 members (excludes halogenated alkanes) is 1. The lowest BCUT2D eigenvalue weighted by Crippen LogP contribution is -2.40. The van der Waals surface area contributed by atoms with E-state index < -0.39 is 34.9 Å². The Morgan fingerprint density at radius 2 is 1.13 bits per heavy atom. The van der Waals surface area contributed by atoms with Crippen LogP contribution in [0.4, 0.5) is 13.2 Å². The van der Waals surface area contributed by atoms with Crippen LogP contribution in [-0.2, 0) is 58.7 Å². The lowest BCUT2D eigenvalue weighted by Gasteiger charge is -2.31. The van der Waals surface area contributed by atoms with Crippen molar-refractivity contribution >= 4 is 60.0 Å². The number of nitrogens with two attached hydrogens (primary N) is 1. The van der Waals surface area contributed by atoms with Crippen molar-refractivity contribution in [3.63, 3.8) is 0 Å². The van der Waals surface area contributed by atoms with Gasteiger partial charge in [0.15, 0.2) is 5.69 Å². The van der Waals surface area contributed by atoms with Gasteiger partial charge in [-0.15, -0.1) is 12.4 Å². The molecule has 0 atom stereocenters. The molecule has 3 fully saturated rings. The molecule has 1 aromatic carbocycles. The van der Waals surface area contributed by atoms with Gasteiger partial charge in [-0.25, -0.2) is 4.68 Å². The van der Waals surface area contributed by atoms with Crippen molar-refractivity contribution in [2.45, 2.75) is 158 Å². The Morgan fingerprint density at radius 3 is 1.54 bits per heavy atom. The number of nitrogens with one attached hydrogen (secondary N) is 2. The number of nitrogens with zero attached hydrogens (tertiary/aromatic N) is 4. The highest BCUT2D eigenvalue weighted by atomic mass is 35.5. The smallest absolute Gasteiger partial charge is 0.435 e. The van der Waals surface area contributed by atoms with Crippen molar-refractivity contribution < 1.29 is 75.6 Å². The number of halogens is 4. The highest BCUT2D eigenvalue weighted by Gasteiger charge is 2.39. The molecule has 0 radical (unpaired) electrons. The monoisotopic (exact) mass is 1150 g/mol. The average Bonchev–Trinajstić information content (AvgIpc) is 3.86. The number of carboxylic acid groups (broad SMARTS) is 1. The number of ether oxygens (including phenoxy) is 4. The number of esters is 4. The fourth-order valence-corrected chi connectivity index (χ4v) is 8.07.